The summed E-state index contributed by atoms with van der Waals surface area (Å²) in [4.78, 5) is 18.1. The normalized spacial score (nSPS) is 10.9. The summed E-state index contributed by atoms with van der Waals surface area (Å²) >= 11 is 0. The average molecular weight is 403 g/mol. The number of hydrogen-bond donors (Lipinski definition) is 1. The lowest BCUT2D eigenvalue weighted by Crippen LogP contribution is -2.14. The van der Waals surface area contributed by atoms with Crippen LogP contribution in [0.25, 0.3) is 27.8 Å². The maximum Gasteiger partial charge on any atom is 0.193 e. The minimum Gasteiger partial charge on any atom is -0.341 e. The zero-order valence-corrected chi connectivity index (χ0v) is 17.1. The molecule has 3 aromatic carbocycles. The van der Waals surface area contributed by atoms with Crippen LogP contribution in [-0.2, 0) is 0 Å². The second kappa shape index (κ2) is 7.92. The number of aromatic nitrogens is 2. The number of nitrogens with one attached hydrogen (secondary N) is 1. The first kappa shape index (κ1) is 18.8. The summed E-state index contributed by atoms with van der Waals surface area (Å²) in [6.45, 7) is 1.96. The van der Waals surface area contributed by atoms with Crippen LogP contribution in [0.4, 0.5) is 11.5 Å². The van der Waals surface area contributed by atoms with Gasteiger partial charge in [-0.2, -0.15) is 0 Å². The number of rotatable bonds is 4. The van der Waals surface area contributed by atoms with Crippen molar-refractivity contribution in [3.8, 4) is 16.9 Å². The molecule has 5 aromatic rings. The molecular weight excluding hydrogens is 382 g/mol. The smallest absolute Gasteiger partial charge is 0.193 e. The van der Waals surface area contributed by atoms with Crippen molar-refractivity contribution in [1.29, 1.82) is 0 Å². The van der Waals surface area contributed by atoms with E-state index in [0.29, 0.717) is 16.9 Å². The minimum atomic E-state index is -0.0630. The molecule has 0 bridgehead atoms. The monoisotopic (exact) mass is 403 g/mol. The second-order valence-electron chi connectivity index (χ2n) is 7.43. The molecule has 2 aromatic heterocycles. The molecule has 0 unspecified atom stereocenters. The van der Waals surface area contributed by atoms with Crippen molar-refractivity contribution in [1.82, 2.24) is 9.55 Å². The van der Waals surface area contributed by atoms with E-state index in [0.717, 1.165) is 28.1 Å². The van der Waals surface area contributed by atoms with Crippen LogP contribution < -0.4 is 10.7 Å². The van der Waals surface area contributed by atoms with E-state index in [4.69, 9.17) is 4.98 Å². The fourth-order valence-electron chi connectivity index (χ4n) is 3.89. The van der Waals surface area contributed by atoms with Gasteiger partial charge in [0.2, 0.25) is 0 Å². The molecule has 5 rings (SSSR count). The topological polar surface area (TPSA) is 46.9 Å². The lowest BCUT2D eigenvalue weighted by atomic mass is 10.0. The molecule has 0 radical (unpaired) electrons. The molecule has 0 atom stereocenters. The Morgan fingerprint density at radius 3 is 2.06 bits per heavy atom. The predicted octanol–water partition coefficient (Wildman–Crippen LogP) is 6.10. The van der Waals surface area contributed by atoms with Gasteiger partial charge in [-0.1, -0.05) is 66.7 Å². The van der Waals surface area contributed by atoms with Crippen molar-refractivity contribution in [2.24, 2.45) is 0 Å². The molecule has 4 heteroatoms. The predicted molar refractivity (Wildman–Crippen MR) is 127 cm³/mol. The lowest BCUT2D eigenvalue weighted by Gasteiger charge is -2.20. The fraction of sp³-hybridized carbons (Fsp3) is 0.0370. The zero-order valence-electron chi connectivity index (χ0n) is 17.1. The fourth-order valence-corrected chi connectivity index (χ4v) is 3.89. The van der Waals surface area contributed by atoms with E-state index < -0.39 is 0 Å². The van der Waals surface area contributed by atoms with Crippen LogP contribution in [0.15, 0.2) is 108 Å². The molecule has 150 valence electrons. The maximum atomic E-state index is 13.4. The molecule has 0 fully saturated rings. The van der Waals surface area contributed by atoms with Gasteiger partial charge >= 0.3 is 0 Å². The van der Waals surface area contributed by atoms with Crippen LogP contribution in [0.1, 0.15) is 5.69 Å². The number of benzene rings is 3. The lowest BCUT2D eigenvalue weighted by molar-refractivity contribution is 1.09. The Balaban J connectivity index is 1.86. The third-order valence-electron chi connectivity index (χ3n) is 5.23. The highest BCUT2D eigenvalue weighted by Gasteiger charge is 2.17. The van der Waals surface area contributed by atoms with Crippen LogP contribution in [0.3, 0.4) is 0 Å². The molecule has 1 N–H and O–H groups in total. The average Bonchev–Trinajstić information content (AvgIpc) is 2.80. The third-order valence-corrected chi connectivity index (χ3v) is 5.23. The van der Waals surface area contributed by atoms with Crippen LogP contribution in [-0.4, -0.2) is 9.55 Å². The van der Waals surface area contributed by atoms with E-state index in [2.05, 4.69) is 9.88 Å². The highest BCUT2D eigenvalue weighted by atomic mass is 16.1. The van der Waals surface area contributed by atoms with Gasteiger partial charge in [0.05, 0.1) is 16.6 Å². The summed E-state index contributed by atoms with van der Waals surface area (Å²) in [5, 5.41) is 4.04. The van der Waals surface area contributed by atoms with Gasteiger partial charge in [-0.15, -0.1) is 0 Å². The SMILES string of the molecule is Cc1cc2c(c(-c3ccccc3)n1)c(=O)cc(Nc1ccccc1)n2-c1ccccc1. The van der Waals surface area contributed by atoms with Crippen LogP contribution in [0, 0.1) is 6.92 Å². The molecule has 0 aliphatic carbocycles. The molecule has 2 heterocycles. The Kier molecular flexibility index (Phi) is 4.81. The summed E-state index contributed by atoms with van der Waals surface area (Å²) in [6, 6.07) is 33.4. The van der Waals surface area contributed by atoms with E-state index in [1.165, 1.54) is 0 Å². The first-order valence-electron chi connectivity index (χ1n) is 10.2. The van der Waals surface area contributed by atoms with Gasteiger partial charge in [0, 0.05) is 28.7 Å². The van der Waals surface area contributed by atoms with Gasteiger partial charge in [0.25, 0.3) is 0 Å². The number of anilines is 2. The molecule has 4 nitrogen and oxygen atoms in total. The molecule has 0 saturated heterocycles. The van der Waals surface area contributed by atoms with Crippen LogP contribution in [0.2, 0.25) is 0 Å². The Bertz CT molecular complexity index is 1410. The number of pyridine rings is 2. The summed E-state index contributed by atoms with van der Waals surface area (Å²) < 4.78 is 2.09. The van der Waals surface area contributed by atoms with Crippen LogP contribution >= 0.6 is 0 Å². The first-order chi connectivity index (χ1) is 15.2. The Hall–Kier alpha value is -4.18. The summed E-state index contributed by atoms with van der Waals surface area (Å²) in [6.07, 6.45) is 0. The largest absolute Gasteiger partial charge is 0.341 e. The summed E-state index contributed by atoms with van der Waals surface area (Å²) in [5.41, 5.74) is 5.13. The molecule has 0 aliphatic heterocycles. The van der Waals surface area contributed by atoms with Gasteiger partial charge in [0.1, 0.15) is 5.82 Å². The number of hydrogen-bond acceptors (Lipinski definition) is 3. The Morgan fingerprint density at radius 1 is 0.774 bits per heavy atom. The number of nitrogens with zero attached hydrogens (tertiary/aromatic N) is 2. The van der Waals surface area contributed by atoms with Gasteiger partial charge in [-0.25, -0.2) is 0 Å². The zero-order chi connectivity index (χ0) is 21.2. The van der Waals surface area contributed by atoms with Crippen LogP contribution in [0.5, 0.6) is 0 Å². The van der Waals surface area contributed by atoms with E-state index >= 15 is 0 Å². The van der Waals surface area contributed by atoms with Crippen molar-refractivity contribution in [3.63, 3.8) is 0 Å². The molecule has 0 amide bonds. The highest BCUT2D eigenvalue weighted by Crippen LogP contribution is 2.30. The van der Waals surface area contributed by atoms with Gasteiger partial charge in [0.15, 0.2) is 5.43 Å². The van der Waals surface area contributed by atoms with E-state index in [1.54, 1.807) is 6.07 Å². The Labute approximate surface area is 180 Å². The highest BCUT2D eigenvalue weighted by molar-refractivity contribution is 5.95. The third kappa shape index (κ3) is 3.60. The minimum absolute atomic E-state index is 0.0630. The van der Waals surface area contributed by atoms with E-state index in [1.807, 2.05) is 104 Å². The first-order valence-corrected chi connectivity index (χ1v) is 10.2. The van der Waals surface area contributed by atoms with Crippen molar-refractivity contribution in [2.45, 2.75) is 6.92 Å². The number of para-hydroxylation sites is 2. The molecule has 0 spiro atoms. The van der Waals surface area contributed by atoms with Crippen molar-refractivity contribution < 1.29 is 0 Å². The van der Waals surface area contributed by atoms with Crippen molar-refractivity contribution in [2.75, 3.05) is 5.32 Å². The Morgan fingerprint density at radius 2 is 1.39 bits per heavy atom. The van der Waals surface area contributed by atoms with Crippen molar-refractivity contribution >= 4 is 22.4 Å². The molecule has 31 heavy (non-hydrogen) atoms. The summed E-state index contributed by atoms with van der Waals surface area (Å²) in [7, 11) is 0. The van der Waals surface area contributed by atoms with Gasteiger partial charge in [-0.3, -0.25) is 14.3 Å². The number of aryl methyl sites for hydroxylation is 1. The molecule has 0 saturated carbocycles. The van der Waals surface area contributed by atoms with E-state index in [-0.39, 0.29) is 5.43 Å². The van der Waals surface area contributed by atoms with E-state index in [9.17, 15) is 4.79 Å². The standard InChI is InChI=1S/C27H21N3O/c1-19-17-23-26(27(28-19)20-11-5-2-6-12-20)24(31)18-25(29-21-13-7-3-8-14-21)30(23)22-15-9-4-10-16-22/h2-18,29H,1H3. The molecular formula is C27H21N3O. The summed E-state index contributed by atoms with van der Waals surface area (Å²) in [5.74, 6) is 0.708. The van der Waals surface area contributed by atoms with Gasteiger partial charge in [-0.05, 0) is 37.3 Å². The maximum absolute atomic E-state index is 13.4. The quantitative estimate of drug-likeness (QED) is 0.394. The van der Waals surface area contributed by atoms with Gasteiger partial charge < -0.3 is 5.32 Å². The molecule has 0 aliphatic rings. The second-order valence-corrected chi connectivity index (χ2v) is 7.43. The van der Waals surface area contributed by atoms with Crippen molar-refractivity contribution in [3.05, 3.63) is 119 Å². The number of fused-ring (bicyclic) bond motifs is 1.